The SMILES string of the molecule is CCN1CNC(C)C(C)C1. The molecule has 1 N–H and O–H groups in total. The average molecular weight is 142 g/mol. The summed E-state index contributed by atoms with van der Waals surface area (Å²) < 4.78 is 0. The minimum absolute atomic E-state index is 0.697. The maximum atomic E-state index is 3.46. The van der Waals surface area contributed by atoms with Gasteiger partial charge in [-0.25, -0.2) is 0 Å². The third-order valence-electron chi connectivity index (χ3n) is 2.48. The summed E-state index contributed by atoms with van der Waals surface area (Å²) in [5, 5.41) is 3.46. The van der Waals surface area contributed by atoms with Gasteiger partial charge >= 0.3 is 0 Å². The summed E-state index contributed by atoms with van der Waals surface area (Å²) in [6.07, 6.45) is 0. The van der Waals surface area contributed by atoms with Crippen LogP contribution in [0.15, 0.2) is 0 Å². The highest BCUT2D eigenvalue weighted by atomic mass is 15.2. The van der Waals surface area contributed by atoms with Crippen LogP contribution in [0.3, 0.4) is 0 Å². The second-order valence-electron chi connectivity index (χ2n) is 3.30. The van der Waals surface area contributed by atoms with E-state index in [2.05, 4.69) is 31.0 Å². The standard InChI is InChI=1S/C8H18N2/c1-4-10-5-7(2)8(3)9-6-10/h7-9H,4-6H2,1-3H3. The second kappa shape index (κ2) is 3.35. The molecule has 2 unspecified atom stereocenters. The molecule has 0 aromatic rings. The molecule has 0 saturated carbocycles. The molecule has 1 aliphatic rings. The van der Waals surface area contributed by atoms with Crippen LogP contribution in [0, 0.1) is 5.92 Å². The Bertz CT molecular complexity index is 103. The Labute approximate surface area is 63.6 Å². The lowest BCUT2D eigenvalue weighted by Gasteiger charge is -2.35. The van der Waals surface area contributed by atoms with Crippen molar-refractivity contribution in [1.82, 2.24) is 10.2 Å². The van der Waals surface area contributed by atoms with Crippen LogP contribution in [-0.4, -0.2) is 30.7 Å². The summed E-state index contributed by atoms with van der Waals surface area (Å²) in [6.45, 7) is 10.3. The minimum Gasteiger partial charge on any atom is -0.301 e. The average Bonchev–Trinajstić information content (AvgIpc) is 1.95. The molecule has 0 aromatic carbocycles. The van der Waals surface area contributed by atoms with E-state index in [0.29, 0.717) is 6.04 Å². The molecule has 0 radical (unpaired) electrons. The Hall–Kier alpha value is -0.0800. The predicted molar refractivity (Wildman–Crippen MR) is 43.9 cm³/mol. The summed E-state index contributed by atoms with van der Waals surface area (Å²) in [6, 6.07) is 0.697. The van der Waals surface area contributed by atoms with Gasteiger partial charge in [0.05, 0.1) is 0 Å². The molecule has 0 bridgehead atoms. The van der Waals surface area contributed by atoms with E-state index in [0.717, 1.165) is 12.6 Å². The van der Waals surface area contributed by atoms with Crippen LogP contribution in [0.4, 0.5) is 0 Å². The van der Waals surface area contributed by atoms with Gasteiger partial charge in [0.2, 0.25) is 0 Å². The van der Waals surface area contributed by atoms with Gasteiger partial charge in [0.1, 0.15) is 0 Å². The third kappa shape index (κ3) is 1.70. The van der Waals surface area contributed by atoms with E-state index in [1.54, 1.807) is 0 Å². The van der Waals surface area contributed by atoms with E-state index in [4.69, 9.17) is 0 Å². The van der Waals surface area contributed by atoms with Crippen LogP contribution < -0.4 is 5.32 Å². The van der Waals surface area contributed by atoms with Crippen LogP contribution in [0.1, 0.15) is 20.8 Å². The summed E-state index contributed by atoms with van der Waals surface area (Å²) in [4.78, 5) is 2.44. The van der Waals surface area contributed by atoms with Crippen LogP contribution in [0.25, 0.3) is 0 Å². The molecule has 1 saturated heterocycles. The van der Waals surface area contributed by atoms with Crippen molar-refractivity contribution in [3.8, 4) is 0 Å². The fourth-order valence-corrected chi connectivity index (χ4v) is 1.35. The molecule has 1 fully saturated rings. The first-order valence-electron chi connectivity index (χ1n) is 4.19. The number of hydrogen-bond donors (Lipinski definition) is 1. The number of nitrogens with one attached hydrogen (secondary N) is 1. The van der Waals surface area contributed by atoms with Crippen molar-refractivity contribution in [3.05, 3.63) is 0 Å². The lowest BCUT2D eigenvalue weighted by molar-refractivity contribution is 0.148. The monoisotopic (exact) mass is 142 g/mol. The smallest absolute Gasteiger partial charge is 0.0482 e. The Balaban J connectivity index is 2.33. The lowest BCUT2D eigenvalue weighted by atomic mass is 10.0. The quantitative estimate of drug-likeness (QED) is 0.585. The lowest BCUT2D eigenvalue weighted by Crippen LogP contribution is -2.51. The van der Waals surface area contributed by atoms with Gasteiger partial charge in [-0.1, -0.05) is 13.8 Å². The van der Waals surface area contributed by atoms with Gasteiger partial charge in [-0.05, 0) is 19.4 Å². The molecule has 10 heavy (non-hydrogen) atoms. The maximum Gasteiger partial charge on any atom is 0.0482 e. The molecule has 1 rings (SSSR count). The molecule has 0 aromatic heterocycles. The van der Waals surface area contributed by atoms with E-state index >= 15 is 0 Å². The first kappa shape index (κ1) is 8.02. The zero-order valence-electron chi connectivity index (χ0n) is 7.22. The highest BCUT2D eigenvalue weighted by molar-refractivity contribution is 4.76. The van der Waals surface area contributed by atoms with E-state index < -0.39 is 0 Å². The summed E-state index contributed by atoms with van der Waals surface area (Å²) >= 11 is 0. The fourth-order valence-electron chi connectivity index (χ4n) is 1.35. The Morgan fingerprint density at radius 2 is 2.20 bits per heavy atom. The molecule has 1 heterocycles. The zero-order chi connectivity index (χ0) is 7.56. The molecule has 1 aliphatic heterocycles. The van der Waals surface area contributed by atoms with Crippen LogP contribution >= 0.6 is 0 Å². The van der Waals surface area contributed by atoms with Crippen molar-refractivity contribution in [2.75, 3.05) is 19.8 Å². The van der Waals surface area contributed by atoms with E-state index in [9.17, 15) is 0 Å². The topological polar surface area (TPSA) is 15.3 Å². The third-order valence-corrected chi connectivity index (χ3v) is 2.48. The predicted octanol–water partition coefficient (Wildman–Crippen LogP) is 0.894. The van der Waals surface area contributed by atoms with Crippen molar-refractivity contribution in [2.24, 2.45) is 5.92 Å². The summed E-state index contributed by atoms with van der Waals surface area (Å²) in [5.41, 5.74) is 0. The molecular weight excluding hydrogens is 124 g/mol. The van der Waals surface area contributed by atoms with Crippen LogP contribution in [-0.2, 0) is 0 Å². The van der Waals surface area contributed by atoms with Crippen molar-refractivity contribution < 1.29 is 0 Å². The van der Waals surface area contributed by atoms with Gasteiger partial charge in [0.15, 0.2) is 0 Å². The molecule has 2 atom stereocenters. The van der Waals surface area contributed by atoms with Crippen molar-refractivity contribution in [2.45, 2.75) is 26.8 Å². The first-order valence-corrected chi connectivity index (χ1v) is 4.19. The molecule has 0 amide bonds. The number of hydrogen-bond acceptors (Lipinski definition) is 2. The van der Waals surface area contributed by atoms with Gasteiger partial charge in [-0.2, -0.15) is 0 Å². The van der Waals surface area contributed by atoms with Crippen molar-refractivity contribution >= 4 is 0 Å². The van der Waals surface area contributed by atoms with Crippen molar-refractivity contribution in [1.29, 1.82) is 0 Å². The number of nitrogens with zero attached hydrogens (tertiary/aromatic N) is 1. The normalized spacial score (nSPS) is 36.3. The van der Waals surface area contributed by atoms with Gasteiger partial charge in [0, 0.05) is 19.3 Å². The van der Waals surface area contributed by atoms with E-state index in [-0.39, 0.29) is 0 Å². The van der Waals surface area contributed by atoms with Crippen LogP contribution in [0.2, 0.25) is 0 Å². The number of rotatable bonds is 1. The van der Waals surface area contributed by atoms with E-state index in [1.807, 2.05) is 0 Å². The van der Waals surface area contributed by atoms with E-state index in [1.165, 1.54) is 13.1 Å². The fraction of sp³-hybridized carbons (Fsp3) is 1.00. The second-order valence-corrected chi connectivity index (χ2v) is 3.30. The van der Waals surface area contributed by atoms with Gasteiger partial charge < -0.3 is 5.32 Å². The molecular formula is C8H18N2. The van der Waals surface area contributed by atoms with Gasteiger partial charge in [-0.3, -0.25) is 4.90 Å². The Morgan fingerprint density at radius 1 is 1.50 bits per heavy atom. The molecule has 2 nitrogen and oxygen atoms in total. The summed E-state index contributed by atoms with van der Waals surface area (Å²) in [5.74, 6) is 0.800. The Kier molecular flexibility index (Phi) is 2.69. The molecule has 0 spiro atoms. The Morgan fingerprint density at radius 3 is 2.70 bits per heavy atom. The van der Waals surface area contributed by atoms with Gasteiger partial charge in [-0.15, -0.1) is 0 Å². The zero-order valence-corrected chi connectivity index (χ0v) is 7.22. The molecule has 2 heteroatoms. The van der Waals surface area contributed by atoms with Crippen molar-refractivity contribution in [3.63, 3.8) is 0 Å². The highest BCUT2D eigenvalue weighted by Gasteiger charge is 2.20. The van der Waals surface area contributed by atoms with Crippen LogP contribution in [0.5, 0.6) is 0 Å². The largest absolute Gasteiger partial charge is 0.301 e. The first-order chi connectivity index (χ1) is 4.74. The molecule has 60 valence electrons. The maximum absolute atomic E-state index is 3.46. The summed E-state index contributed by atoms with van der Waals surface area (Å²) in [7, 11) is 0. The van der Waals surface area contributed by atoms with Gasteiger partial charge in [0.25, 0.3) is 0 Å². The molecule has 0 aliphatic carbocycles. The highest BCUT2D eigenvalue weighted by Crippen LogP contribution is 2.09. The minimum atomic E-state index is 0.697.